The monoisotopic (exact) mass is 330 g/mol. The van der Waals surface area contributed by atoms with E-state index in [0.717, 1.165) is 30.6 Å². The number of fused-ring (bicyclic) bond motifs is 7. The molecule has 0 aliphatic heterocycles. The molecule has 0 saturated heterocycles. The molecular formula is C19H26N2OS. The molecule has 124 valence electrons. The van der Waals surface area contributed by atoms with E-state index in [1.54, 1.807) is 17.1 Å². The summed E-state index contributed by atoms with van der Waals surface area (Å²) in [6.45, 7) is 4.95. The fourth-order valence-electron chi connectivity index (χ4n) is 6.61. The Morgan fingerprint density at radius 2 is 1.96 bits per heavy atom. The van der Waals surface area contributed by atoms with Crippen LogP contribution in [0.2, 0.25) is 0 Å². The maximum absolute atomic E-state index is 10.1. The topological polar surface area (TPSA) is 46.0 Å². The number of allylic oxidation sites excluding steroid dienone is 1. The van der Waals surface area contributed by atoms with Crippen LogP contribution >= 0.6 is 11.5 Å². The number of aromatic nitrogens is 2. The Hall–Kier alpha value is -0.740. The minimum atomic E-state index is -0.103. The number of nitrogens with zero attached hydrogens (tertiary/aromatic N) is 2. The van der Waals surface area contributed by atoms with Crippen LogP contribution in [0.15, 0.2) is 11.6 Å². The van der Waals surface area contributed by atoms with Gasteiger partial charge in [-0.3, -0.25) is 0 Å². The van der Waals surface area contributed by atoms with Gasteiger partial charge in [-0.1, -0.05) is 30.0 Å². The van der Waals surface area contributed by atoms with Crippen molar-refractivity contribution in [1.82, 2.24) is 9.59 Å². The molecule has 2 fully saturated rings. The van der Waals surface area contributed by atoms with Crippen molar-refractivity contribution < 1.29 is 5.11 Å². The van der Waals surface area contributed by atoms with Gasteiger partial charge in [0.2, 0.25) is 0 Å². The molecule has 0 aromatic carbocycles. The predicted octanol–water partition coefficient (Wildman–Crippen LogP) is 3.88. The third kappa shape index (κ3) is 1.80. The Morgan fingerprint density at radius 3 is 2.83 bits per heavy atom. The molecule has 1 heterocycles. The van der Waals surface area contributed by atoms with E-state index in [1.807, 2.05) is 0 Å². The van der Waals surface area contributed by atoms with Gasteiger partial charge in [0, 0.05) is 10.3 Å². The van der Waals surface area contributed by atoms with Crippen molar-refractivity contribution in [2.45, 2.75) is 70.3 Å². The second kappa shape index (κ2) is 4.66. The second-order valence-corrected chi connectivity index (χ2v) is 9.70. The van der Waals surface area contributed by atoms with E-state index in [1.165, 1.54) is 42.7 Å². The van der Waals surface area contributed by atoms with Crippen LogP contribution in [0.25, 0.3) is 0 Å². The molecule has 5 rings (SSSR count). The SMILES string of the molecule is C[C@]12CC[C@H](O)CC1=CCC1C2CC[C@]2(C)c3nnsc3CC12. The van der Waals surface area contributed by atoms with Crippen LogP contribution in [0.3, 0.4) is 0 Å². The first-order valence-electron chi connectivity index (χ1n) is 9.21. The van der Waals surface area contributed by atoms with Gasteiger partial charge in [0.1, 0.15) is 0 Å². The van der Waals surface area contributed by atoms with Crippen LogP contribution in [0, 0.1) is 23.2 Å². The lowest BCUT2D eigenvalue weighted by Crippen LogP contribution is -2.51. The van der Waals surface area contributed by atoms with Gasteiger partial charge >= 0.3 is 0 Å². The lowest BCUT2D eigenvalue weighted by atomic mass is 9.48. The molecule has 0 amide bonds. The van der Waals surface area contributed by atoms with E-state index >= 15 is 0 Å². The van der Waals surface area contributed by atoms with E-state index < -0.39 is 0 Å². The Bertz CT molecular complexity index is 683. The van der Waals surface area contributed by atoms with Crippen LogP contribution < -0.4 is 0 Å². The average Bonchev–Trinajstić information content (AvgIpc) is 3.09. The smallest absolute Gasteiger partial charge is 0.0849 e. The Kier molecular flexibility index (Phi) is 2.96. The molecular weight excluding hydrogens is 304 g/mol. The van der Waals surface area contributed by atoms with E-state index in [2.05, 4.69) is 29.5 Å². The van der Waals surface area contributed by atoms with E-state index in [0.29, 0.717) is 5.41 Å². The van der Waals surface area contributed by atoms with Crippen molar-refractivity contribution in [2.24, 2.45) is 23.2 Å². The Morgan fingerprint density at radius 1 is 1.13 bits per heavy atom. The first-order chi connectivity index (χ1) is 11.0. The molecule has 4 aliphatic carbocycles. The molecule has 1 aromatic heterocycles. The first kappa shape index (κ1) is 14.6. The normalized spacial score (nSPS) is 48.0. The van der Waals surface area contributed by atoms with Crippen LogP contribution in [-0.2, 0) is 11.8 Å². The van der Waals surface area contributed by atoms with E-state index in [4.69, 9.17) is 0 Å². The highest BCUT2D eigenvalue weighted by Gasteiger charge is 2.58. The predicted molar refractivity (Wildman–Crippen MR) is 91.3 cm³/mol. The third-order valence-electron chi connectivity index (χ3n) is 7.97. The number of rotatable bonds is 0. The molecule has 4 heteroatoms. The maximum atomic E-state index is 10.1. The Labute approximate surface area is 142 Å². The first-order valence-corrected chi connectivity index (χ1v) is 9.99. The van der Waals surface area contributed by atoms with Crippen molar-refractivity contribution in [2.75, 3.05) is 0 Å². The molecule has 4 aliphatic rings. The molecule has 3 nitrogen and oxygen atoms in total. The lowest BCUT2D eigenvalue weighted by molar-refractivity contribution is -0.0171. The molecule has 1 N–H and O–H groups in total. The molecule has 0 spiro atoms. The van der Waals surface area contributed by atoms with E-state index in [-0.39, 0.29) is 11.5 Å². The van der Waals surface area contributed by atoms with Gasteiger partial charge in [0.15, 0.2) is 0 Å². The summed E-state index contributed by atoms with van der Waals surface area (Å²) in [7, 11) is 0. The number of hydrogen-bond donors (Lipinski definition) is 1. The summed E-state index contributed by atoms with van der Waals surface area (Å²) < 4.78 is 4.22. The fourth-order valence-corrected chi connectivity index (χ4v) is 7.44. The number of hydrogen-bond acceptors (Lipinski definition) is 4. The average molecular weight is 330 g/mol. The summed E-state index contributed by atoms with van der Waals surface area (Å²) in [6.07, 6.45) is 10.5. The summed E-state index contributed by atoms with van der Waals surface area (Å²) in [5, 5.41) is 14.6. The third-order valence-corrected chi connectivity index (χ3v) is 8.71. The van der Waals surface area contributed by atoms with Crippen LogP contribution in [-0.4, -0.2) is 20.8 Å². The highest BCUT2D eigenvalue weighted by Crippen LogP contribution is 2.64. The van der Waals surface area contributed by atoms with Gasteiger partial charge in [0.05, 0.1) is 11.8 Å². The van der Waals surface area contributed by atoms with Crippen LogP contribution in [0.4, 0.5) is 0 Å². The highest BCUT2D eigenvalue weighted by atomic mass is 32.1. The van der Waals surface area contributed by atoms with Gasteiger partial charge in [-0.2, -0.15) is 0 Å². The standard InChI is InChI=1S/C19H26N2OS/c1-18-7-5-12(22)9-11(18)3-4-13-14(18)6-8-19(2)15(13)10-16-17(19)20-21-23-16/h3,12-15,22H,4-10H2,1-2H3/t12-,13?,14?,15?,18-,19-/m0/s1. The van der Waals surface area contributed by atoms with Crippen molar-refractivity contribution in [3.8, 4) is 0 Å². The lowest BCUT2D eigenvalue weighted by Gasteiger charge is -2.57. The molecule has 3 unspecified atom stereocenters. The Balaban J connectivity index is 1.53. The zero-order valence-corrected chi connectivity index (χ0v) is 14.9. The van der Waals surface area contributed by atoms with Crippen molar-refractivity contribution in [3.63, 3.8) is 0 Å². The van der Waals surface area contributed by atoms with Crippen molar-refractivity contribution >= 4 is 11.5 Å². The molecule has 1 aromatic rings. The minimum Gasteiger partial charge on any atom is -0.393 e. The minimum absolute atomic E-state index is 0.103. The zero-order valence-electron chi connectivity index (χ0n) is 14.1. The summed E-state index contributed by atoms with van der Waals surface area (Å²) in [4.78, 5) is 1.46. The summed E-state index contributed by atoms with van der Waals surface area (Å²) in [5.41, 5.74) is 3.49. The summed E-state index contributed by atoms with van der Waals surface area (Å²) in [5.74, 6) is 2.34. The highest BCUT2D eigenvalue weighted by molar-refractivity contribution is 7.05. The summed E-state index contributed by atoms with van der Waals surface area (Å²) >= 11 is 1.63. The van der Waals surface area contributed by atoms with Crippen molar-refractivity contribution in [3.05, 3.63) is 22.2 Å². The van der Waals surface area contributed by atoms with Gasteiger partial charge in [-0.15, -0.1) is 5.10 Å². The second-order valence-electron chi connectivity index (χ2n) is 8.86. The van der Waals surface area contributed by atoms with Gasteiger partial charge in [-0.05, 0) is 79.6 Å². The van der Waals surface area contributed by atoms with Crippen molar-refractivity contribution in [1.29, 1.82) is 0 Å². The maximum Gasteiger partial charge on any atom is 0.0849 e. The van der Waals surface area contributed by atoms with Gasteiger partial charge in [-0.25, -0.2) is 0 Å². The molecule has 0 bridgehead atoms. The van der Waals surface area contributed by atoms with Gasteiger partial charge < -0.3 is 5.11 Å². The van der Waals surface area contributed by atoms with Crippen LogP contribution in [0.5, 0.6) is 0 Å². The molecule has 6 atom stereocenters. The largest absolute Gasteiger partial charge is 0.393 e. The fraction of sp³-hybridized carbons (Fsp3) is 0.789. The van der Waals surface area contributed by atoms with Crippen LogP contribution in [0.1, 0.15) is 62.9 Å². The molecule has 0 radical (unpaired) electrons. The zero-order chi connectivity index (χ0) is 15.8. The summed E-state index contributed by atoms with van der Waals surface area (Å²) in [6, 6.07) is 0. The van der Waals surface area contributed by atoms with E-state index in [9.17, 15) is 5.11 Å². The quantitative estimate of drug-likeness (QED) is 0.734. The molecule has 23 heavy (non-hydrogen) atoms. The van der Waals surface area contributed by atoms with Gasteiger partial charge in [0.25, 0.3) is 0 Å². The number of aliphatic hydroxyl groups excluding tert-OH is 1. The molecule has 2 saturated carbocycles. The number of aliphatic hydroxyl groups is 1.